The fourth-order valence-corrected chi connectivity index (χ4v) is 4.15. The molecule has 2 aromatic carbocycles. The van der Waals surface area contributed by atoms with E-state index in [9.17, 15) is 14.7 Å². The molecule has 1 aliphatic heterocycles. The third kappa shape index (κ3) is 14.6. The molecule has 1 aliphatic carbocycles. The van der Waals surface area contributed by atoms with Crippen LogP contribution in [0.5, 0.6) is 5.75 Å². The van der Waals surface area contributed by atoms with E-state index in [0.717, 1.165) is 36.8 Å². The van der Waals surface area contributed by atoms with Crippen LogP contribution in [0.3, 0.4) is 0 Å². The fourth-order valence-electron chi connectivity index (χ4n) is 4.15. The minimum absolute atomic E-state index is 0.0445. The Morgan fingerprint density at radius 1 is 1.16 bits per heavy atom. The molecule has 0 aromatic heterocycles. The van der Waals surface area contributed by atoms with Crippen molar-refractivity contribution >= 4 is 33.3 Å². The van der Waals surface area contributed by atoms with E-state index in [1.165, 1.54) is 18.4 Å². The largest absolute Gasteiger partial charge is 0.748 e. The number of carbonyl (C=O) groups excluding carboxylic acids is 2. The van der Waals surface area contributed by atoms with Crippen LogP contribution < -0.4 is 20.8 Å². The van der Waals surface area contributed by atoms with Crippen LogP contribution in [0.2, 0.25) is 0 Å². The molecular weight excluding hydrogens is 576 g/mol. The maximum Gasteiger partial charge on any atom is 0.240 e. The van der Waals surface area contributed by atoms with Crippen LogP contribution in [0.15, 0.2) is 53.6 Å². The minimum Gasteiger partial charge on any atom is -0.748 e. The third-order valence-electron chi connectivity index (χ3n) is 6.58. The van der Waals surface area contributed by atoms with E-state index in [1.54, 1.807) is 0 Å². The zero-order valence-electron chi connectivity index (χ0n) is 24.6. The lowest BCUT2D eigenvalue weighted by atomic mass is 9.94. The Labute approximate surface area is 253 Å². The molecule has 2 unspecified atom stereocenters. The summed E-state index contributed by atoms with van der Waals surface area (Å²) in [5, 5.41) is 20.3. The predicted octanol–water partition coefficient (Wildman–Crippen LogP) is 2.04. The summed E-state index contributed by atoms with van der Waals surface area (Å²) in [4.78, 5) is 23.7. The number of hydrogen-bond donors (Lipinski definition) is 4. The molecule has 2 aliphatic rings. The molecular formula is C30H41N4O8S-. The van der Waals surface area contributed by atoms with Crippen LogP contribution in [0.4, 0.5) is 5.69 Å². The zero-order valence-corrected chi connectivity index (χ0v) is 25.4. The molecule has 12 nitrogen and oxygen atoms in total. The van der Waals surface area contributed by atoms with Gasteiger partial charge in [0.25, 0.3) is 0 Å². The molecule has 0 bridgehead atoms. The predicted molar refractivity (Wildman–Crippen MR) is 162 cm³/mol. The Bertz CT molecular complexity index is 1300. The standard InChI is InChI=1S/C29H38N4O5.CH4O3S/c1-20-16-28(36)32-33-29(20)23-6-8-24(9-7-23)31-27(35)12-14-30-17-25(34)19-38-26-10-4-21(5-11-26)13-15-37-18-22-2-3-22;1-5(2,3)4/h4-11,20,22,25,30,34H,2-3,12-19H2,1H3,(H,31,35)(H,32,36);1H3,(H,2,3,4)/p-1. The number of anilines is 1. The molecule has 2 atom stereocenters. The molecule has 0 spiro atoms. The van der Waals surface area contributed by atoms with Gasteiger partial charge in [0, 0.05) is 50.4 Å². The number of carbonyl (C=O) groups is 2. The van der Waals surface area contributed by atoms with E-state index in [2.05, 4.69) is 21.2 Å². The first-order valence-corrected chi connectivity index (χ1v) is 16.1. The van der Waals surface area contributed by atoms with Crippen molar-refractivity contribution in [2.75, 3.05) is 44.5 Å². The quantitative estimate of drug-likeness (QED) is 0.172. The van der Waals surface area contributed by atoms with Crippen molar-refractivity contribution < 1.29 is 37.1 Å². The number of rotatable bonds is 15. The van der Waals surface area contributed by atoms with Gasteiger partial charge in [0.05, 0.1) is 22.4 Å². The van der Waals surface area contributed by atoms with Gasteiger partial charge in [-0.1, -0.05) is 31.2 Å². The SMILES string of the molecule is CC1CC(=O)NN=C1c1ccc(NC(=O)CCNCC(O)COc2ccc(CCOCC3CC3)cc2)cc1.CS(=O)(=O)[O-]. The number of benzene rings is 2. The molecule has 13 heteroatoms. The molecule has 1 heterocycles. The van der Waals surface area contributed by atoms with Gasteiger partial charge in [-0.05, 0) is 60.6 Å². The van der Waals surface area contributed by atoms with Crippen molar-refractivity contribution in [2.45, 2.75) is 45.1 Å². The summed E-state index contributed by atoms with van der Waals surface area (Å²) in [5.74, 6) is 1.34. The van der Waals surface area contributed by atoms with Gasteiger partial charge in [0.1, 0.15) is 18.5 Å². The van der Waals surface area contributed by atoms with E-state index in [-0.39, 0.29) is 30.8 Å². The van der Waals surface area contributed by atoms with Crippen molar-refractivity contribution in [3.05, 3.63) is 59.7 Å². The number of nitrogens with one attached hydrogen (secondary N) is 3. The van der Waals surface area contributed by atoms with Gasteiger partial charge in [0.15, 0.2) is 0 Å². The Hall–Kier alpha value is -3.36. The molecule has 2 amide bonds. The third-order valence-corrected chi connectivity index (χ3v) is 6.58. The summed E-state index contributed by atoms with van der Waals surface area (Å²) in [6, 6.07) is 15.3. The van der Waals surface area contributed by atoms with Crippen molar-refractivity contribution in [3.63, 3.8) is 0 Å². The lowest BCUT2D eigenvalue weighted by molar-refractivity contribution is -0.122. The second-order valence-electron chi connectivity index (χ2n) is 10.8. The lowest BCUT2D eigenvalue weighted by Crippen LogP contribution is -2.33. The second-order valence-corrected chi connectivity index (χ2v) is 12.2. The zero-order chi connectivity index (χ0) is 31.2. The van der Waals surface area contributed by atoms with Crippen molar-refractivity contribution in [1.29, 1.82) is 0 Å². The van der Waals surface area contributed by atoms with Crippen LogP contribution >= 0.6 is 0 Å². The smallest absolute Gasteiger partial charge is 0.240 e. The summed E-state index contributed by atoms with van der Waals surface area (Å²) in [6.45, 7) is 4.52. The molecule has 43 heavy (non-hydrogen) atoms. The topological polar surface area (TPSA) is 178 Å². The number of hydrazone groups is 1. The summed E-state index contributed by atoms with van der Waals surface area (Å²) in [6.07, 6.45) is 4.10. The molecule has 0 radical (unpaired) electrons. The highest BCUT2D eigenvalue weighted by molar-refractivity contribution is 7.84. The Morgan fingerprint density at radius 2 is 1.84 bits per heavy atom. The van der Waals surface area contributed by atoms with Crippen LogP contribution in [-0.2, 0) is 30.9 Å². The van der Waals surface area contributed by atoms with Crippen LogP contribution in [0.25, 0.3) is 0 Å². The fraction of sp³-hybridized carbons (Fsp3) is 0.500. The number of amides is 2. The molecule has 2 aromatic rings. The van der Waals surface area contributed by atoms with E-state index in [4.69, 9.17) is 22.4 Å². The van der Waals surface area contributed by atoms with Gasteiger partial charge in [-0.2, -0.15) is 5.10 Å². The highest BCUT2D eigenvalue weighted by atomic mass is 32.2. The first kappa shape index (κ1) is 34.1. The highest BCUT2D eigenvalue weighted by Crippen LogP contribution is 2.28. The molecule has 4 N–H and O–H groups in total. The second kappa shape index (κ2) is 17.1. The van der Waals surface area contributed by atoms with Crippen LogP contribution in [-0.4, -0.2) is 80.9 Å². The molecule has 236 valence electrons. The first-order chi connectivity index (χ1) is 20.5. The van der Waals surface area contributed by atoms with Crippen LogP contribution in [0, 0.1) is 11.8 Å². The summed E-state index contributed by atoms with van der Waals surface area (Å²) < 4.78 is 38.6. The highest BCUT2D eigenvalue weighted by Gasteiger charge is 2.22. The number of aliphatic hydroxyl groups is 1. The van der Waals surface area contributed by atoms with E-state index in [0.29, 0.717) is 37.2 Å². The van der Waals surface area contributed by atoms with Gasteiger partial charge < -0.3 is 29.8 Å². The maximum absolute atomic E-state index is 12.3. The van der Waals surface area contributed by atoms with E-state index >= 15 is 0 Å². The van der Waals surface area contributed by atoms with Gasteiger partial charge in [-0.25, -0.2) is 13.8 Å². The molecule has 4 rings (SSSR count). The first-order valence-electron chi connectivity index (χ1n) is 14.3. The van der Waals surface area contributed by atoms with E-state index in [1.807, 2.05) is 55.5 Å². The molecule has 1 fully saturated rings. The Kier molecular flexibility index (Phi) is 13.5. The molecule has 0 saturated heterocycles. The van der Waals surface area contributed by atoms with E-state index < -0.39 is 16.2 Å². The van der Waals surface area contributed by atoms with Crippen molar-refractivity contribution in [3.8, 4) is 5.75 Å². The number of aliphatic hydroxyl groups excluding tert-OH is 1. The Balaban J connectivity index is 0.000000934. The van der Waals surface area contributed by atoms with Crippen molar-refractivity contribution in [1.82, 2.24) is 10.7 Å². The number of ether oxygens (including phenoxy) is 2. The molecule has 1 saturated carbocycles. The normalized spacial score (nSPS) is 17.2. The Morgan fingerprint density at radius 3 is 2.47 bits per heavy atom. The van der Waals surface area contributed by atoms with Crippen molar-refractivity contribution in [2.24, 2.45) is 16.9 Å². The van der Waals surface area contributed by atoms with Gasteiger partial charge in [0.2, 0.25) is 11.8 Å². The summed E-state index contributed by atoms with van der Waals surface area (Å²) in [7, 11) is -3.92. The monoisotopic (exact) mass is 617 g/mol. The minimum atomic E-state index is -3.92. The summed E-state index contributed by atoms with van der Waals surface area (Å²) >= 11 is 0. The number of hydrogen-bond acceptors (Lipinski definition) is 10. The van der Waals surface area contributed by atoms with Gasteiger partial charge >= 0.3 is 0 Å². The van der Waals surface area contributed by atoms with Gasteiger partial charge in [-0.3, -0.25) is 9.59 Å². The van der Waals surface area contributed by atoms with Gasteiger partial charge in [-0.15, -0.1) is 0 Å². The summed E-state index contributed by atoms with van der Waals surface area (Å²) in [5.41, 5.74) is 6.15. The maximum atomic E-state index is 12.3. The lowest BCUT2D eigenvalue weighted by Gasteiger charge is -2.19. The number of nitrogens with zero attached hydrogens (tertiary/aromatic N) is 1. The average molecular weight is 618 g/mol. The van der Waals surface area contributed by atoms with Crippen LogP contribution in [0.1, 0.15) is 43.7 Å². The average Bonchev–Trinajstić information content (AvgIpc) is 3.77.